The van der Waals surface area contributed by atoms with Gasteiger partial charge in [0.15, 0.2) is 0 Å². The molecule has 0 aliphatic heterocycles. The molecule has 0 aromatic carbocycles. The summed E-state index contributed by atoms with van der Waals surface area (Å²) < 4.78 is 0. The maximum absolute atomic E-state index is 9.00. The number of diazo groups is 1. The van der Waals surface area contributed by atoms with Crippen LogP contribution in [0.2, 0.25) is 0 Å². The Morgan fingerprint density at radius 1 is 1.71 bits per heavy atom. The van der Waals surface area contributed by atoms with E-state index >= 15 is 0 Å². The van der Waals surface area contributed by atoms with Gasteiger partial charge in [0, 0.05) is 0 Å². The molecule has 4 N–H and O–H groups in total. The number of rotatable bonds is 0. The number of carbonyl (C=O) groups excluding carboxylic acids is 1. The summed E-state index contributed by atoms with van der Waals surface area (Å²) in [5, 5.41) is 16.0. The van der Waals surface area contributed by atoms with Crippen LogP contribution in [0.3, 0.4) is 0 Å². The van der Waals surface area contributed by atoms with E-state index in [4.69, 9.17) is 15.4 Å². The Morgan fingerprint density at radius 2 is 1.71 bits per heavy atom. The van der Waals surface area contributed by atoms with Gasteiger partial charge in [0.1, 0.15) is 0 Å². The van der Waals surface area contributed by atoms with Crippen LogP contribution >= 0.6 is 0 Å². The van der Waals surface area contributed by atoms with Gasteiger partial charge in [-0.25, -0.2) is 4.79 Å². The fourth-order valence-electron chi connectivity index (χ4n) is 0. The van der Waals surface area contributed by atoms with E-state index in [1.165, 1.54) is 5.14 Å². The minimum atomic E-state index is -0.833. The van der Waals surface area contributed by atoms with Gasteiger partial charge in [0.2, 0.25) is 10.5 Å². The largest absolute Gasteiger partial charge is 0.463 e. The summed E-state index contributed by atoms with van der Waals surface area (Å²) in [6.07, 6.45) is 0. The molecule has 0 fully saturated rings. The summed E-state index contributed by atoms with van der Waals surface area (Å²) in [6, 6.07) is -0.833. The molecule has 0 rings (SSSR count). The first-order chi connectivity index (χ1) is 3.15. The topological polar surface area (TPSA) is 120 Å². The number of primary amides is 2. The summed E-state index contributed by atoms with van der Waals surface area (Å²) in [5.74, 6) is 0. The molecule has 0 saturated heterocycles. The van der Waals surface area contributed by atoms with Crippen molar-refractivity contribution in [1.29, 1.82) is 5.39 Å². The van der Waals surface area contributed by atoms with Gasteiger partial charge in [-0.2, -0.15) is 0 Å². The van der Waals surface area contributed by atoms with Gasteiger partial charge in [-0.1, -0.05) is 0 Å². The number of nitrogens with zero attached hydrogens (tertiary/aromatic N) is 2. The van der Waals surface area contributed by atoms with Gasteiger partial charge >= 0.3 is 6.03 Å². The molecule has 6 heteroatoms. The molecular formula is CH4N4O2. The molecule has 40 valence electrons. The van der Waals surface area contributed by atoms with Crippen molar-refractivity contribution in [1.82, 2.24) is 0 Å². The van der Waals surface area contributed by atoms with Gasteiger partial charge in [-0.15, -0.1) is 0 Å². The molecule has 7 heavy (non-hydrogen) atoms. The van der Waals surface area contributed by atoms with Gasteiger partial charge in [0.25, 0.3) is 0 Å². The van der Waals surface area contributed by atoms with E-state index in [1.807, 2.05) is 0 Å². The van der Waals surface area contributed by atoms with E-state index < -0.39 is 6.03 Å². The summed E-state index contributed by atoms with van der Waals surface area (Å²) in [7, 11) is 0. The van der Waals surface area contributed by atoms with E-state index in [0.29, 0.717) is 0 Å². The smallest absolute Gasteiger partial charge is 0.309 e. The second kappa shape index (κ2) is 8.82. The fraction of sp³-hybridized carbons (Fsp3) is 0. The van der Waals surface area contributed by atoms with Crippen molar-refractivity contribution in [3.05, 3.63) is 10.3 Å². The lowest BCUT2D eigenvalue weighted by Crippen LogP contribution is -2.18. The lowest BCUT2D eigenvalue weighted by molar-refractivity contribution is 0.256. The van der Waals surface area contributed by atoms with Crippen LogP contribution in [0.15, 0.2) is 0 Å². The Bertz CT molecular complexity index is 78.2. The Labute approximate surface area is 39.3 Å². The number of hydrogen-bond donors (Lipinski definition) is 2. The van der Waals surface area contributed by atoms with Crippen LogP contribution < -0.4 is 11.5 Å². The molecule has 0 atom stereocenters. The standard InChI is InChI=1S/CH4N2O.N2O/c2-1(3)4;1-2-3/h(H4,2,3,4);. The van der Waals surface area contributed by atoms with Crippen LogP contribution in [0.4, 0.5) is 4.79 Å². The predicted molar refractivity (Wildman–Crippen MR) is 22.2 cm³/mol. The molecule has 0 aromatic heterocycles. The molecule has 0 aliphatic carbocycles. The Morgan fingerprint density at radius 3 is 1.71 bits per heavy atom. The molecule has 6 nitrogen and oxygen atoms in total. The van der Waals surface area contributed by atoms with Crippen LogP contribution in [0.1, 0.15) is 0 Å². The lowest BCUT2D eigenvalue weighted by Gasteiger charge is -1.62. The number of hydrogen-bond acceptors (Lipinski definition) is 3. The van der Waals surface area contributed by atoms with Gasteiger partial charge in [-0.3, -0.25) is 0 Å². The first-order valence-corrected chi connectivity index (χ1v) is 1.16. The third-order valence-corrected chi connectivity index (χ3v) is 0. The summed E-state index contributed by atoms with van der Waals surface area (Å²) >= 11 is 0. The van der Waals surface area contributed by atoms with Crippen LogP contribution in [0.5, 0.6) is 0 Å². The Kier molecular flexibility index (Phi) is 11.5. The predicted octanol–water partition coefficient (Wildman–Crippen LogP) is -0.639. The average Bonchev–Trinajstić information content (AvgIpc) is 1.33. The molecule has 2 amide bonds. The molecule has 0 unspecified atom stereocenters. The Hall–Kier alpha value is -1.51. The second-order valence-corrected chi connectivity index (χ2v) is 0.484. The molecule has 0 radical (unpaired) electrons. The zero-order valence-corrected chi connectivity index (χ0v) is 3.37. The molecule has 0 aliphatic rings. The number of nitrogens with two attached hydrogens (primary N) is 2. The van der Waals surface area contributed by atoms with Crippen LogP contribution in [0.25, 0.3) is 5.14 Å². The second-order valence-electron chi connectivity index (χ2n) is 0.484. The SMILES string of the molecule is N#[N+][O-].NC(N)=O. The first-order valence-electron chi connectivity index (χ1n) is 1.16. The molecule has 0 aromatic rings. The number of carbonyl (C=O) groups is 1. The fourth-order valence-corrected chi connectivity index (χ4v) is 0. The van der Waals surface area contributed by atoms with Crippen LogP contribution in [-0.4, -0.2) is 6.03 Å². The van der Waals surface area contributed by atoms with E-state index in [0.717, 1.165) is 0 Å². The first kappa shape index (κ1) is 9.09. The molecule has 0 heterocycles. The maximum Gasteiger partial charge on any atom is 0.309 e. The van der Waals surface area contributed by atoms with E-state index in [9.17, 15) is 0 Å². The van der Waals surface area contributed by atoms with Crippen molar-refractivity contribution in [2.45, 2.75) is 0 Å². The van der Waals surface area contributed by atoms with Crippen molar-refractivity contribution in [3.63, 3.8) is 0 Å². The van der Waals surface area contributed by atoms with Crippen molar-refractivity contribution < 1.29 is 4.79 Å². The van der Waals surface area contributed by atoms with Crippen LogP contribution in [-0.2, 0) is 0 Å². The van der Waals surface area contributed by atoms with Gasteiger partial charge in [0.05, 0.1) is 0 Å². The third-order valence-electron chi connectivity index (χ3n) is 0. The lowest BCUT2D eigenvalue weighted by atomic mass is 11.2. The van der Waals surface area contributed by atoms with Crippen LogP contribution in [0, 0.1) is 10.6 Å². The molecule has 0 bridgehead atoms. The van der Waals surface area contributed by atoms with E-state index in [1.54, 1.807) is 0 Å². The normalized spacial score (nSPS) is 4.43. The molecule has 0 saturated carbocycles. The minimum Gasteiger partial charge on any atom is -0.463 e. The van der Waals surface area contributed by atoms with Crippen molar-refractivity contribution in [3.8, 4) is 0 Å². The summed E-state index contributed by atoms with van der Waals surface area (Å²) in [6.45, 7) is 0. The number of amides is 2. The summed E-state index contributed by atoms with van der Waals surface area (Å²) in [4.78, 5) is 9.00. The van der Waals surface area contributed by atoms with Gasteiger partial charge in [-0.05, 0) is 0 Å². The van der Waals surface area contributed by atoms with Crippen molar-refractivity contribution in [2.24, 2.45) is 11.5 Å². The average molecular weight is 104 g/mol. The quantitative estimate of drug-likeness (QED) is 0.314. The highest BCUT2D eigenvalue weighted by molar-refractivity contribution is 5.69. The third kappa shape index (κ3) is 12.2. The number of urea groups is 1. The minimum absolute atomic E-state index is 0.833. The maximum atomic E-state index is 9.00. The van der Waals surface area contributed by atoms with Crippen molar-refractivity contribution in [2.75, 3.05) is 0 Å². The zero-order chi connectivity index (χ0) is 6.28. The monoisotopic (exact) mass is 104 g/mol. The molecule has 0 spiro atoms. The molecular weight excluding hydrogens is 100 g/mol. The zero-order valence-electron chi connectivity index (χ0n) is 3.37. The van der Waals surface area contributed by atoms with Crippen molar-refractivity contribution >= 4 is 6.03 Å². The van der Waals surface area contributed by atoms with E-state index in [2.05, 4.69) is 11.5 Å². The van der Waals surface area contributed by atoms with Gasteiger partial charge < -0.3 is 16.7 Å². The summed E-state index contributed by atoms with van der Waals surface area (Å²) in [5.41, 5.74) is 8.50. The highest BCUT2D eigenvalue weighted by atomic mass is 16.4. The Balaban J connectivity index is 0. The van der Waals surface area contributed by atoms with E-state index in [-0.39, 0.29) is 0 Å². The highest BCUT2D eigenvalue weighted by Crippen LogP contribution is 1.32. The highest BCUT2D eigenvalue weighted by Gasteiger charge is 1.60.